The highest BCUT2D eigenvalue weighted by Gasteiger charge is 2.38. The van der Waals surface area contributed by atoms with Crippen molar-refractivity contribution in [2.45, 2.75) is 18.8 Å². The molecule has 28 heavy (non-hydrogen) atoms. The summed E-state index contributed by atoms with van der Waals surface area (Å²) in [7, 11) is 3.71. The summed E-state index contributed by atoms with van der Waals surface area (Å²) in [6.07, 6.45) is -3.74. The van der Waals surface area contributed by atoms with E-state index >= 15 is 0 Å². The quantitative estimate of drug-likeness (QED) is 0.665. The zero-order valence-electron chi connectivity index (χ0n) is 15.6. The van der Waals surface area contributed by atoms with E-state index in [1.54, 1.807) is 6.20 Å². The molecule has 0 saturated carbocycles. The molecule has 0 spiro atoms. The molecule has 0 radical (unpaired) electrons. The lowest BCUT2D eigenvalue weighted by atomic mass is 10.0. The minimum Gasteiger partial charge on any atom is -0.482 e. The average molecular weight is 402 g/mol. The van der Waals surface area contributed by atoms with Crippen molar-refractivity contribution >= 4 is 0 Å². The Labute approximate surface area is 159 Å². The maximum absolute atomic E-state index is 14.6. The molecule has 3 rings (SSSR count). The fourth-order valence-corrected chi connectivity index (χ4v) is 2.87. The van der Waals surface area contributed by atoms with Gasteiger partial charge in [0.1, 0.15) is 11.7 Å². The molecule has 0 bridgehead atoms. The van der Waals surface area contributed by atoms with Gasteiger partial charge in [0.2, 0.25) is 0 Å². The molecule has 0 amide bonds. The number of alkyl halides is 3. The molecule has 1 aromatic carbocycles. The third-order valence-electron chi connectivity index (χ3n) is 4.42. The van der Waals surface area contributed by atoms with Crippen LogP contribution in [0.2, 0.25) is 0 Å². The highest BCUT2D eigenvalue weighted by molar-refractivity contribution is 5.66. The molecule has 0 aliphatic carbocycles. The Balaban J connectivity index is 1.93. The van der Waals surface area contributed by atoms with Crippen LogP contribution in [0.25, 0.3) is 11.3 Å². The minimum absolute atomic E-state index is 0.0419. The Bertz CT molecular complexity index is 805. The number of hydrogen-bond donors (Lipinski definition) is 2. The predicted octanol–water partition coefficient (Wildman–Crippen LogP) is 2.66. The van der Waals surface area contributed by atoms with E-state index in [0.717, 1.165) is 25.2 Å². The number of ether oxygens (including phenoxy) is 2. The minimum atomic E-state index is -4.77. The van der Waals surface area contributed by atoms with E-state index in [4.69, 9.17) is 9.47 Å². The zero-order valence-corrected chi connectivity index (χ0v) is 15.6. The molecule has 10 heteroatoms. The second-order valence-corrected chi connectivity index (χ2v) is 6.71. The highest BCUT2D eigenvalue weighted by atomic mass is 19.4. The zero-order chi connectivity index (χ0) is 20.3. The molecule has 2 heterocycles. The number of benzene rings is 1. The number of likely N-dealkylation sites (N-methyl/N-ethyl adjacent to an activating group) is 2. The molecule has 1 saturated heterocycles. The third-order valence-corrected chi connectivity index (χ3v) is 4.42. The van der Waals surface area contributed by atoms with Crippen LogP contribution in [0, 0.1) is 5.82 Å². The number of aromatic amines is 1. The van der Waals surface area contributed by atoms with Crippen LogP contribution in [0.5, 0.6) is 5.75 Å². The molecule has 1 fully saturated rings. The van der Waals surface area contributed by atoms with Gasteiger partial charge in [-0.05, 0) is 26.2 Å². The lowest BCUT2D eigenvalue weighted by Crippen LogP contribution is -2.39. The standard InChI is InChI=1S/C18H22F4N4O2/c1-23-3-4-26(2)8-12-7-24-25-16(12)11-5-14(18(20,21)22)17(15(19)6-11)28-13-9-27-10-13/h5-7,13,23H,3-4,8-10H2,1-2H3,(H,24,25). The van der Waals surface area contributed by atoms with Crippen LogP contribution in [0.3, 0.4) is 0 Å². The van der Waals surface area contributed by atoms with Gasteiger partial charge in [0, 0.05) is 37.0 Å². The number of hydrogen-bond acceptors (Lipinski definition) is 5. The third kappa shape index (κ3) is 4.62. The second kappa shape index (κ2) is 8.46. The molecule has 1 aliphatic heterocycles. The summed E-state index contributed by atoms with van der Waals surface area (Å²) in [4.78, 5) is 1.99. The van der Waals surface area contributed by atoms with Crippen molar-refractivity contribution in [1.82, 2.24) is 20.4 Å². The van der Waals surface area contributed by atoms with Gasteiger partial charge in [-0.1, -0.05) is 0 Å². The fraction of sp³-hybridized carbons (Fsp3) is 0.500. The predicted molar refractivity (Wildman–Crippen MR) is 94.5 cm³/mol. The number of halogens is 4. The van der Waals surface area contributed by atoms with Crippen LogP contribution < -0.4 is 10.1 Å². The van der Waals surface area contributed by atoms with Gasteiger partial charge in [0.15, 0.2) is 11.6 Å². The maximum atomic E-state index is 14.6. The van der Waals surface area contributed by atoms with Crippen LogP contribution >= 0.6 is 0 Å². The summed E-state index contributed by atoms with van der Waals surface area (Å²) in [6.45, 7) is 2.23. The molecular formula is C18H22F4N4O2. The molecule has 1 aromatic heterocycles. The van der Waals surface area contributed by atoms with Crippen molar-refractivity contribution < 1.29 is 27.0 Å². The average Bonchev–Trinajstić information content (AvgIpc) is 3.03. The SMILES string of the molecule is CNCCN(C)Cc1c[nH]nc1-c1cc(F)c(OC2COC2)c(C(F)(F)F)c1. The lowest BCUT2D eigenvalue weighted by molar-refractivity contribution is -0.142. The fourth-order valence-electron chi connectivity index (χ4n) is 2.87. The Kier molecular flexibility index (Phi) is 6.21. The van der Waals surface area contributed by atoms with E-state index in [-0.39, 0.29) is 24.5 Å². The molecule has 6 nitrogen and oxygen atoms in total. The first-order valence-corrected chi connectivity index (χ1v) is 8.81. The first-order valence-electron chi connectivity index (χ1n) is 8.81. The van der Waals surface area contributed by atoms with E-state index in [1.165, 1.54) is 0 Å². The summed E-state index contributed by atoms with van der Waals surface area (Å²) in [6, 6.07) is 1.91. The number of rotatable bonds is 8. The van der Waals surface area contributed by atoms with E-state index in [0.29, 0.717) is 12.1 Å². The summed E-state index contributed by atoms with van der Waals surface area (Å²) < 4.78 is 65.3. The summed E-state index contributed by atoms with van der Waals surface area (Å²) in [5.41, 5.74) is -0.168. The number of nitrogens with zero attached hydrogens (tertiary/aromatic N) is 2. The van der Waals surface area contributed by atoms with Gasteiger partial charge in [-0.3, -0.25) is 5.10 Å². The van der Waals surface area contributed by atoms with Crippen molar-refractivity contribution in [3.8, 4) is 17.0 Å². The summed E-state index contributed by atoms with van der Waals surface area (Å²) >= 11 is 0. The highest BCUT2D eigenvalue weighted by Crippen LogP contribution is 2.41. The van der Waals surface area contributed by atoms with Crippen LogP contribution in [-0.2, 0) is 17.5 Å². The van der Waals surface area contributed by atoms with Gasteiger partial charge >= 0.3 is 6.18 Å². The molecule has 2 N–H and O–H groups in total. The van der Waals surface area contributed by atoms with E-state index < -0.39 is 29.4 Å². The number of aromatic nitrogens is 2. The van der Waals surface area contributed by atoms with Gasteiger partial charge in [0.25, 0.3) is 0 Å². The number of nitrogens with one attached hydrogen (secondary N) is 2. The van der Waals surface area contributed by atoms with E-state index in [2.05, 4.69) is 15.5 Å². The van der Waals surface area contributed by atoms with Crippen molar-refractivity contribution in [2.24, 2.45) is 0 Å². The van der Waals surface area contributed by atoms with Crippen molar-refractivity contribution in [2.75, 3.05) is 40.4 Å². The van der Waals surface area contributed by atoms with Crippen LogP contribution in [0.4, 0.5) is 17.6 Å². The largest absolute Gasteiger partial charge is 0.482 e. The van der Waals surface area contributed by atoms with Gasteiger partial charge < -0.3 is 19.7 Å². The van der Waals surface area contributed by atoms with Crippen molar-refractivity contribution in [3.05, 3.63) is 35.3 Å². The van der Waals surface area contributed by atoms with E-state index in [9.17, 15) is 17.6 Å². The van der Waals surface area contributed by atoms with E-state index in [1.807, 2.05) is 19.0 Å². The molecule has 0 atom stereocenters. The molecule has 0 unspecified atom stereocenters. The van der Waals surface area contributed by atoms with Crippen LogP contribution in [0.15, 0.2) is 18.3 Å². The summed E-state index contributed by atoms with van der Waals surface area (Å²) in [5.74, 6) is -1.87. The van der Waals surface area contributed by atoms with Crippen LogP contribution in [-0.4, -0.2) is 61.6 Å². The van der Waals surface area contributed by atoms with Crippen molar-refractivity contribution in [3.63, 3.8) is 0 Å². The van der Waals surface area contributed by atoms with Gasteiger partial charge in [0.05, 0.1) is 18.9 Å². The first kappa shape index (κ1) is 20.6. The van der Waals surface area contributed by atoms with Gasteiger partial charge in [-0.15, -0.1) is 0 Å². The summed E-state index contributed by atoms with van der Waals surface area (Å²) in [5, 5.41) is 9.72. The topological polar surface area (TPSA) is 62.4 Å². The smallest absolute Gasteiger partial charge is 0.420 e. The van der Waals surface area contributed by atoms with Crippen molar-refractivity contribution in [1.29, 1.82) is 0 Å². The molecule has 1 aliphatic rings. The number of H-pyrrole nitrogens is 1. The maximum Gasteiger partial charge on any atom is 0.420 e. The molecular weight excluding hydrogens is 380 g/mol. The Morgan fingerprint density at radius 2 is 2.11 bits per heavy atom. The van der Waals surface area contributed by atoms with Gasteiger partial charge in [-0.2, -0.15) is 18.3 Å². The molecule has 154 valence electrons. The lowest BCUT2D eigenvalue weighted by Gasteiger charge is -2.28. The van der Waals surface area contributed by atoms with Crippen LogP contribution in [0.1, 0.15) is 11.1 Å². The Morgan fingerprint density at radius 1 is 1.36 bits per heavy atom. The normalized spacial score (nSPS) is 15.1. The monoisotopic (exact) mass is 402 g/mol. The van der Waals surface area contributed by atoms with Gasteiger partial charge in [-0.25, -0.2) is 4.39 Å². The first-order chi connectivity index (χ1) is 13.3. The Hall–Kier alpha value is -2.17. The Morgan fingerprint density at radius 3 is 2.71 bits per heavy atom. The molecule has 2 aromatic rings. The second-order valence-electron chi connectivity index (χ2n) is 6.71.